The molecule has 1 atom stereocenters. The molecule has 5 rings (SSSR count). The molecular formula is C33H34Cl2F2N4O9S. The topological polar surface area (TPSA) is 150 Å². The number of carbonyl (C=O) groups excluding carboxylic acids is 3. The maximum Gasteiger partial charge on any atom is 0.387 e. The van der Waals surface area contributed by atoms with Crippen LogP contribution in [-0.4, -0.2) is 89.2 Å². The van der Waals surface area contributed by atoms with Gasteiger partial charge in [-0.05, 0) is 68.8 Å². The number of aromatic nitrogens is 1. The van der Waals surface area contributed by atoms with Crippen LogP contribution in [0.5, 0.6) is 11.5 Å². The van der Waals surface area contributed by atoms with Crippen LogP contribution < -0.4 is 18.5 Å². The highest BCUT2D eigenvalue weighted by Crippen LogP contribution is 2.38. The summed E-state index contributed by atoms with van der Waals surface area (Å²) in [5.74, 6) is -2.70. The second-order valence-corrected chi connectivity index (χ2v) is 15.1. The molecule has 13 nitrogen and oxygen atoms in total. The molecule has 2 aromatic carbocycles. The van der Waals surface area contributed by atoms with E-state index in [4.69, 9.17) is 32.7 Å². The van der Waals surface area contributed by atoms with E-state index in [1.807, 2.05) is 0 Å². The highest BCUT2D eigenvalue weighted by molar-refractivity contribution is 7.92. The molecule has 1 aromatic heterocycles. The number of carbonyl (C=O) groups is 3. The van der Waals surface area contributed by atoms with Crippen molar-refractivity contribution in [2.75, 3.05) is 50.9 Å². The standard InChI is InChI=1S/C33H34Cl2F2N4O9S/c1-38(2)10-11-41(51(3,46)47)21-7-8-22-23(13-21)32(44)40(31(22)43)17-30(42)49-28(14-24-25(34)15-39(45)16-26(24)35)20-6-9-27(50-33(36)37)29(12-20)48-18-19-4-5-19/h6-9,12-13,15-16,19,28,33H,4-5,10-11,14,17-18H2,1-3H3/t28-/m0/s1. The lowest BCUT2D eigenvalue weighted by Gasteiger charge is -2.24. The summed E-state index contributed by atoms with van der Waals surface area (Å²) >= 11 is 12.6. The van der Waals surface area contributed by atoms with Gasteiger partial charge in [0.15, 0.2) is 23.9 Å². The number of esters is 1. The second-order valence-electron chi connectivity index (χ2n) is 12.4. The average molecular weight is 772 g/mol. The van der Waals surface area contributed by atoms with Crippen LogP contribution in [0.15, 0.2) is 48.8 Å². The Bertz CT molecular complexity index is 1920. The number of nitrogens with zero attached hydrogens (tertiary/aromatic N) is 4. The lowest BCUT2D eigenvalue weighted by molar-refractivity contribution is -0.605. The summed E-state index contributed by atoms with van der Waals surface area (Å²) in [6.07, 6.45) is 3.51. The Labute approximate surface area is 302 Å². The van der Waals surface area contributed by atoms with E-state index >= 15 is 0 Å². The van der Waals surface area contributed by atoms with Crippen molar-refractivity contribution in [1.82, 2.24) is 9.80 Å². The predicted octanol–water partition coefficient (Wildman–Crippen LogP) is 4.47. The number of alkyl halides is 2. The van der Waals surface area contributed by atoms with E-state index in [1.165, 1.54) is 36.4 Å². The maximum atomic E-state index is 13.5. The first-order chi connectivity index (χ1) is 24.0. The van der Waals surface area contributed by atoms with Crippen molar-refractivity contribution in [1.29, 1.82) is 0 Å². The van der Waals surface area contributed by atoms with E-state index in [0.717, 1.165) is 35.8 Å². The molecular weight excluding hydrogens is 737 g/mol. The van der Waals surface area contributed by atoms with Crippen LogP contribution >= 0.6 is 23.2 Å². The molecule has 1 saturated carbocycles. The largest absolute Gasteiger partial charge is 0.619 e. The molecule has 0 unspecified atom stereocenters. The molecule has 2 amide bonds. The fourth-order valence-corrected chi connectivity index (χ4v) is 6.85. The Morgan fingerprint density at radius 1 is 1.02 bits per heavy atom. The number of rotatable bonds is 16. The van der Waals surface area contributed by atoms with Crippen LogP contribution in [0.25, 0.3) is 0 Å². The van der Waals surface area contributed by atoms with Gasteiger partial charge in [-0.3, -0.25) is 23.6 Å². The molecule has 2 aliphatic rings. The van der Waals surface area contributed by atoms with Crippen LogP contribution in [0.4, 0.5) is 14.5 Å². The predicted molar refractivity (Wildman–Crippen MR) is 182 cm³/mol. The average Bonchev–Trinajstić information content (AvgIpc) is 3.84. The summed E-state index contributed by atoms with van der Waals surface area (Å²) < 4.78 is 69.2. The molecule has 0 bridgehead atoms. The molecule has 18 heteroatoms. The Balaban J connectivity index is 1.41. The Morgan fingerprint density at radius 3 is 2.29 bits per heavy atom. The molecule has 0 spiro atoms. The fourth-order valence-electron chi connectivity index (χ4n) is 5.34. The minimum atomic E-state index is -3.75. The van der Waals surface area contributed by atoms with Crippen molar-refractivity contribution in [3.63, 3.8) is 0 Å². The quantitative estimate of drug-likeness (QED) is 0.0884. The van der Waals surface area contributed by atoms with Crippen molar-refractivity contribution in [2.24, 2.45) is 5.92 Å². The SMILES string of the molecule is CN(C)CCN(c1ccc2c(c1)C(=O)N(CC(=O)O[C@@H](Cc1c(Cl)c[n+]([O-])cc1Cl)c1ccc(OC(F)F)c(OCC3CC3)c1)C2=O)S(C)(=O)=O. The van der Waals surface area contributed by atoms with Gasteiger partial charge in [0, 0.05) is 25.1 Å². The zero-order chi connectivity index (χ0) is 37.2. The van der Waals surface area contributed by atoms with E-state index in [9.17, 15) is 36.8 Å². The summed E-state index contributed by atoms with van der Waals surface area (Å²) in [6, 6.07) is 7.97. The van der Waals surface area contributed by atoms with Gasteiger partial charge in [-0.25, -0.2) is 8.42 Å². The third kappa shape index (κ3) is 9.36. The molecule has 0 saturated heterocycles. The number of sulfonamides is 1. The number of fused-ring (bicyclic) bond motifs is 1. The maximum absolute atomic E-state index is 13.5. The lowest BCUT2D eigenvalue weighted by atomic mass is 10.0. The van der Waals surface area contributed by atoms with Crippen LogP contribution in [0.1, 0.15) is 50.8 Å². The van der Waals surface area contributed by atoms with Gasteiger partial charge in [-0.1, -0.05) is 29.3 Å². The zero-order valence-electron chi connectivity index (χ0n) is 27.7. The number of benzene rings is 2. The van der Waals surface area contributed by atoms with Gasteiger partial charge < -0.3 is 24.3 Å². The number of anilines is 1. The number of hydrogen-bond donors (Lipinski definition) is 0. The van der Waals surface area contributed by atoms with Gasteiger partial charge in [0.25, 0.3) is 11.8 Å². The van der Waals surface area contributed by atoms with E-state index < -0.39 is 47.1 Å². The zero-order valence-corrected chi connectivity index (χ0v) is 30.0. The van der Waals surface area contributed by atoms with Crippen LogP contribution in [0.3, 0.4) is 0 Å². The van der Waals surface area contributed by atoms with Crippen molar-refractivity contribution in [3.8, 4) is 11.5 Å². The Hall–Kier alpha value is -4.25. The number of hydrogen-bond acceptors (Lipinski definition) is 10. The van der Waals surface area contributed by atoms with Gasteiger partial charge >= 0.3 is 12.6 Å². The minimum absolute atomic E-state index is 0.0324. The highest BCUT2D eigenvalue weighted by atomic mass is 35.5. The van der Waals surface area contributed by atoms with Crippen molar-refractivity contribution in [2.45, 2.75) is 32.0 Å². The van der Waals surface area contributed by atoms with Gasteiger partial charge in [-0.2, -0.15) is 13.5 Å². The van der Waals surface area contributed by atoms with Crippen LogP contribution in [0.2, 0.25) is 10.0 Å². The molecule has 1 aliphatic carbocycles. The number of likely N-dealkylation sites (N-methyl/N-ethyl adjacent to an activating group) is 1. The van der Waals surface area contributed by atoms with Gasteiger partial charge in [0.1, 0.15) is 22.7 Å². The molecule has 2 heterocycles. The van der Waals surface area contributed by atoms with Crippen LogP contribution in [0, 0.1) is 11.1 Å². The first kappa shape index (κ1) is 38.0. The first-order valence-electron chi connectivity index (χ1n) is 15.6. The second kappa shape index (κ2) is 15.6. The number of ether oxygens (including phenoxy) is 3. The van der Waals surface area contributed by atoms with Gasteiger partial charge in [-0.15, -0.1) is 0 Å². The van der Waals surface area contributed by atoms with E-state index in [0.29, 0.717) is 16.2 Å². The third-order valence-electron chi connectivity index (χ3n) is 8.13. The third-order valence-corrected chi connectivity index (χ3v) is 9.97. The smallest absolute Gasteiger partial charge is 0.387 e. The summed E-state index contributed by atoms with van der Waals surface area (Å²) in [5, 5.41) is 11.8. The van der Waals surface area contributed by atoms with Gasteiger partial charge in [0.05, 0.1) is 29.7 Å². The number of pyridine rings is 1. The summed E-state index contributed by atoms with van der Waals surface area (Å²) in [4.78, 5) is 42.7. The first-order valence-corrected chi connectivity index (χ1v) is 18.2. The molecule has 3 aromatic rings. The number of amides is 2. The summed E-state index contributed by atoms with van der Waals surface area (Å²) in [6.45, 7) is -3.27. The molecule has 1 fully saturated rings. The molecule has 0 radical (unpaired) electrons. The molecule has 51 heavy (non-hydrogen) atoms. The molecule has 274 valence electrons. The Kier molecular flexibility index (Phi) is 11.6. The monoisotopic (exact) mass is 770 g/mol. The van der Waals surface area contributed by atoms with E-state index in [1.54, 1.807) is 19.0 Å². The lowest BCUT2D eigenvalue weighted by Crippen LogP contribution is -2.36. The van der Waals surface area contributed by atoms with Crippen molar-refractivity contribution in [3.05, 3.63) is 86.3 Å². The highest BCUT2D eigenvalue weighted by Gasteiger charge is 2.38. The summed E-state index contributed by atoms with van der Waals surface area (Å²) in [7, 11) is -0.207. The fraction of sp³-hybridized carbons (Fsp3) is 0.394. The Morgan fingerprint density at radius 2 is 1.69 bits per heavy atom. The van der Waals surface area contributed by atoms with E-state index in [2.05, 4.69) is 4.74 Å². The van der Waals surface area contributed by atoms with E-state index in [-0.39, 0.29) is 75.0 Å². The van der Waals surface area contributed by atoms with Crippen molar-refractivity contribution < 1.29 is 50.5 Å². The van der Waals surface area contributed by atoms with Gasteiger partial charge in [0.2, 0.25) is 10.0 Å². The molecule has 0 N–H and O–H groups in total. The summed E-state index contributed by atoms with van der Waals surface area (Å²) in [5.41, 5.74) is 0.497. The van der Waals surface area contributed by atoms with Crippen LogP contribution in [-0.2, 0) is 26.0 Å². The number of halogens is 4. The van der Waals surface area contributed by atoms with Crippen molar-refractivity contribution >= 4 is 56.7 Å². The number of imide groups is 1. The normalized spacial score (nSPS) is 15.0. The molecule has 1 aliphatic heterocycles. The minimum Gasteiger partial charge on any atom is -0.619 e.